The van der Waals surface area contributed by atoms with Gasteiger partial charge in [-0.1, -0.05) is 87.9 Å². The Morgan fingerprint density at radius 1 is 0.793 bits per heavy atom. The number of benzene rings is 3. The van der Waals surface area contributed by atoms with E-state index < -0.39 is 0 Å². The second-order valence-electron chi connectivity index (χ2n) is 8.70. The van der Waals surface area contributed by atoms with Crippen LogP contribution in [0.25, 0.3) is 21.9 Å². The van der Waals surface area contributed by atoms with Crippen LogP contribution in [0, 0.1) is 23.5 Å². The van der Waals surface area contributed by atoms with Gasteiger partial charge in [0.05, 0.1) is 0 Å². The summed E-state index contributed by atoms with van der Waals surface area (Å²) < 4.78 is 28.2. The topological polar surface area (TPSA) is 0 Å². The van der Waals surface area contributed by atoms with Gasteiger partial charge in [0.1, 0.15) is 11.6 Å². The van der Waals surface area contributed by atoms with Crippen molar-refractivity contribution in [3.8, 4) is 11.1 Å². The maximum Gasteiger partial charge on any atom is 0.138 e. The molecule has 0 heterocycles. The van der Waals surface area contributed by atoms with Crippen molar-refractivity contribution in [3.63, 3.8) is 0 Å². The smallest absolute Gasteiger partial charge is 0.138 e. The third-order valence-electron chi connectivity index (χ3n) is 6.68. The summed E-state index contributed by atoms with van der Waals surface area (Å²) in [7, 11) is 0. The Morgan fingerprint density at radius 3 is 2.17 bits per heavy atom. The molecule has 29 heavy (non-hydrogen) atoms. The lowest BCUT2D eigenvalue weighted by molar-refractivity contribution is 0.252. The fourth-order valence-corrected chi connectivity index (χ4v) is 4.94. The first-order chi connectivity index (χ1) is 14.1. The predicted octanol–water partition coefficient (Wildman–Crippen LogP) is 8.32. The molecule has 1 aliphatic rings. The van der Waals surface area contributed by atoms with E-state index in [2.05, 4.69) is 19.1 Å². The summed E-state index contributed by atoms with van der Waals surface area (Å²) in [5.74, 6) is 1.26. The van der Waals surface area contributed by atoms with Crippen LogP contribution in [-0.4, -0.2) is 0 Å². The number of hydrogen-bond acceptors (Lipinski definition) is 0. The molecule has 4 rings (SSSR count). The van der Waals surface area contributed by atoms with Gasteiger partial charge >= 0.3 is 0 Å². The van der Waals surface area contributed by atoms with Gasteiger partial charge in [-0.25, -0.2) is 8.78 Å². The molecule has 3 aromatic carbocycles. The van der Waals surface area contributed by atoms with Crippen molar-refractivity contribution in [1.82, 2.24) is 0 Å². The van der Waals surface area contributed by atoms with E-state index >= 15 is 4.39 Å². The maximum atomic E-state index is 15.1. The SMILES string of the molecule is CCC[C@H]1CC[C@H](CCc2ccc3c(F)c(-c4ccc(F)cc4)ccc3c2)CC1. The third-order valence-corrected chi connectivity index (χ3v) is 6.68. The molecule has 0 unspecified atom stereocenters. The number of aryl methyl sites for hydroxylation is 1. The molecule has 0 saturated heterocycles. The van der Waals surface area contributed by atoms with Crippen LogP contribution in [0.15, 0.2) is 54.6 Å². The van der Waals surface area contributed by atoms with Crippen LogP contribution in [0.3, 0.4) is 0 Å². The summed E-state index contributed by atoms with van der Waals surface area (Å²) in [5.41, 5.74) is 2.52. The third kappa shape index (κ3) is 4.69. The highest BCUT2D eigenvalue weighted by Gasteiger charge is 2.20. The number of halogens is 2. The van der Waals surface area contributed by atoms with Gasteiger partial charge < -0.3 is 0 Å². The zero-order valence-corrected chi connectivity index (χ0v) is 17.3. The van der Waals surface area contributed by atoms with Gasteiger partial charge in [0.25, 0.3) is 0 Å². The lowest BCUT2D eigenvalue weighted by atomic mass is 9.78. The molecule has 0 spiro atoms. The van der Waals surface area contributed by atoms with Crippen molar-refractivity contribution in [3.05, 3.63) is 71.8 Å². The maximum absolute atomic E-state index is 15.1. The van der Waals surface area contributed by atoms with E-state index in [4.69, 9.17) is 0 Å². The zero-order chi connectivity index (χ0) is 20.2. The Hall–Kier alpha value is -2.22. The normalized spacial score (nSPS) is 19.6. The van der Waals surface area contributed by atoms with Gasteiger partial charge in [0, 0.05) is 10.9 Å². The van der Waals surface area contributed by atoms with Crippen LogP contribution in [0.4, 0.5) is 8.78 Å². The van der Waals surface area contributed by atoms with Crippen LogP contribution >= 0.6 is 0 Å². The minimum atomic E-state index is -0.307. The first-order valence-corrected chi connectivity index (χ1v) is 11.1. The minimum Gasteiger partial charge on any atom is -0.207 e. The van der Waals surface area contributed by atoms with E-state index in [1.807, 2.05) is 18.2 Å². The second kappa shape index (κ2) is 9.07. The van der Waals surface area contributed by atoms with Gasteiger partial charge in [0.15, 0.2) is 0 Å². The highest BCUT2D eigenvalue weighted by atomic mass is 19.1. The molecular weight excluding hydrogens is 362 g/mol. The summed E-state index contributed by atoms with van der Waals surface area (Å²) in [6, 6.07) is 15.9. The largest absolute Gasteiger partial charge is 0.207 e. The van der Waals surface area contributed by atoms with Crippen molar-refractivity contribution in [2.75, 3.05) is 0 Å². The molecule has 0 aliphatic heterocycles. The minimum absolute atomic E-state index is 0.227. The van der Waals surface area contributed by atoms with E-state index in [9.17, 15) is 4.39 Å². The van der Waals surface area contributed by atoms with Crippen molar-refractivity contribution in [2.24, 2.45) is 11.8 Å². The summed E-state index contributed by atoms with van der Waals surface area (Å²) in [4.78, 5) is 0. The Bertz CT molecular complexity index is 950. The molecule has 0 nitrogen and oxygen atoms in total. The first kappa shape index (κ1) is 20.1. The Morgan fingerprint density at radius 2 is 1.48 bits per heavy atom. The molecule has 0 aromatic heterocycles. The monoisotopic (exact) mass is 392 g/mol. The van der Waals surface area contributed by atoms with Crippen LogP contribution in [-0.2, 0) is 6.42 Å². The molecule has 152 valence electrons. The van der Waals surface area contributed by atoms with Gasteiger partial charge in [0.2, 0.25) is 0 Å². The molecule has 0 radical (unpaired) electrons. The average Bonchev–Trinajstić information content (AvgIpc) is 2.74. The van der Waals surface area contributed by atoms with E-state index in [-0.39, 0.29) is 11.6 Å². The molecule has 0 N–H and O–H groups in total. The van der Waals surface area contributed by atoms with Crippen molar-refractivity contribution in [1.29, 1.82) is 0 Å². The molecule has 0 bridgehead atoms. The van der Waals surface area contributed by atoms with Crippen molar-refractivity contribution < 1.29 is 8.78 Å². The molecule has 3 aromatic rings. The first-order valence-electron chi connectivity index (χ1n) is 11.1. The van der Waals surface area contributed by atoms with Crippen LogP contribution in [0.2, 0.25) is 0 Å². The molecule has 0 atom stereocenters. The summed E-state index contributed by atoms with van der Waals surface area (Å²) in [6.45, 7) is 2.29. The fourth-order valence-electron chi connectivity index (χ4n) is 4.94. The quantitative estimate of drug-likeness (QED) is 0.395. The Labute approximate surface area is 173 Å². The number of fused-ring (bicyclic) bond motifs is 1. The standard InChI is InChI=1S/C27H30F2/c1-2-3-19-4-6-20(7-5-19)8-9-21-10-16-26-23(18-21)13-17-25(27(26)29)22-11-14-24(28)15-12-22/h10-20H,2-9H2,1H3/t19-,20-. The number of hydrogen-bond donors (Lipinski definition) is 0. The molecule has 1 aliphatic carbocycles. The lowest BCUT2D eigenvalue weighted by Gasteiger charge is -2.28. The molecule has 0 amide bonds. The molecule has 2 heteroatoms. The second-order valence-corrected chi connectivity index (χ2v) is 8.70. The Kier molecular flexibility index (Phi) is 6.28. The van der Waals surface area contributed by atoms with E-state index in [1.165, 1.54) is 62.6 Å². The average molecular weight is 393 g/mol. The van der Waals surface area contributed by atoms with Crippen molar-refractivity contribution >= 4 is 10.8 Å². The zero-order valence-electron chi connectivity index (χ0n) is 17.3. The van der Waals surface area contributed by atoms with E-state index in [0.717, 1.165) is 23.6 Å². The highest BCUT2D eigenvalue weighted by Crippen LogP contribution is 2.34. The van der Waals surface area contributed by atoms with Crippen LogP contribution in [0.1, 0.15) is 57.4 Å². The van der Waals surface area contributed by atoms with Crippen LogP contribution < -0.4 is 0 Å². The number of rotatable bonds is 6. The fraction of sp³-hybridized carbons (Fsp3) is 0.407. The summed E-state index contributed by atoms with van der Waals surface area (Å²) in [6.07, 6.45) is 10.5. The summed E-state index contributed by atoms with van der Waals surface area (Å²) >= 11 is 0. The van der Waals surface area contributed by atoms with Gasteiger partial charge in [-0.05, 0) is 53.3 Å². The van der Waals surface area contributed by atoms with Gasteiger partial charge in [-0.2, -0.15) is 0 Å². The summed E-state index contributed by atoms with van der Waals surface area (Å²) in [5, 5.41) is 1.58. The Balaban J connectivity index is 1.45. The highest BCUT2D eigenvalue weighted by molar-refractivity contribution is 5.88. The van der Waals surface area contributed by atoms with E-state index in [0.29, 0.717) is 16.5 Å². The van der Waals surface area contributed by atoms with Gasteiger partial charge in [-0.3, -0.25) is 0 Å². The molecule has 1 fully saturated rings. The molecular formula is C27H30F2. The van der Waals surface area contributed by atoms with Gasteiger partial charge in [-0.15, -0.1) is 0 Å². The van der Waals surface area contributed by atoms with E-state index in [1.54, 1.807) is 12.1 Å². The van der Waals surface area contributed by atoms with Crippen molar-refractivity contribution in [2.45, 2.75) is 58.3 Å². The molecule has 1 saturated carbocycles. The lowest BCUT2D eigenvalue weighted by Crippen LogP contribution is -2.15. The predicted molar refractivity (Wildman–Crippen MR) is 118 cm³/mol. The van der Waals surface area contributed by atoms with Crippen LogP contribution in [0.5, 0.6) is 0 Å².